The van der Waals surface area contributed by atoms with Gasteiger partial charge >= 0.3 is 0 Å². The lowest BCUT2D eigenvalue weighted by Crippen LogP contribution is -2.05. The number of benzene rings is 1. The summed E-state index contributed by atoms with van der Waals surface area (Å²) in [7, 11) is 1.89. The summed E-state index contributed by atoms with van der Waals surface area (Å²) in [5.74, 6) is -0.170. The molecule has 80 valence electrons. The van der Waals surface area contributed by atoms with Gasteiger partial charge in [-0.3, -0.25) is 0 Å². The fraction of sp³-hybridized carbons (Fsp3) is 0.333. The van der Waals surface area contributed by atoms with Crippen LogP contribution in [0, 0.1) is 19.7 Å². The van der Waals surface area contributed by atoms with Gasteiger partial charge in [0.25, 0.3) is 0 Å². The van der Waals surface area contributed by atoms with Crippen LogP contribution < -0.4 is 5.32 Å². The molecule has 0 aliphatic rings. The second-order valence-electron chi connectivity index (χ2n) is 3.90. The summed E-state index contributed by atoms with van der Waals surface area (Å²) in [6, 6.07) is 3.15. The molecule has 0 aliphatic carbocycles. The second kappa shape index (κ2) is 3.66. The molecule has 2 N–H and O–H groups in total. The van der Waals surface area contributed by atoms with E-state index in [9.17, 15) is 4.39 Å². The molecule has 2 nitrogen and oxygen atoms in total. The fourth-order valence-corrected chi connectivity index (χ4v) is 2.02. The number of rotatable bonds is 2. The average Bonchev–Trinajstić information content (AvgIpc) is 2.46. The molecular formula is C12H15FN2. The zero-order valence-electron chi connectivity index (χ0n) is 9.24. The van der Waals surface area contributed by atoms with E-state index in [1.165, 1.54) is 0 Å². The molecule has 3 heteroatoms. The van der Waals surface area contributed by atoms with Crippen molar-refractivity contribution in [2.75, 3.05) is 7.05 Å². The highest BCUT2D eigenvalue weighted by Crippen LogP contribution is 2.25. The maximum atomic E-state index is 13.3. The molecular weight excluding hydrogens is 191 g/mol. The first kappa shape index (κ1) is 10.2. The van der Waals surface area contributed by atoms with Crippen molar-refractivity contribution in [2.24, 2.45) is 0 Å². The third-order valence-corrected chi connectivity index (χ3v) is 2.74. The molecule has 1 aromatic carbocycles. The fourth-order valence-electron chi connectivity index (χ4n) is 2.02. The Bertz CT molecular complexity index is 500. The monoisotopic (exact) mass is 206 g/mol. The van der Waals surface area contributed by atoms with Gasteiger partial charge in [-0.1, -0.05) is 0 Å². The van der Waals surface area contributed by atoms with Crippen LogP contribution in [0.3, 0.4) is 0 Å². The Labute approximate surface area is 88.5 Å². The maximum absolute atomic E-state index is 13.3. The summed E-state index contributed by atoms with van der Waals surface area (Å²) in [5.41, 5.74) is 4.25. The predicted molar refractivity (Wildman–Crippen MR) is 60.5 cm³/mol. The number of fused-ring (bicyclic) bond motifs is 1. The summed E-state index contributed by atoms with van der Waals surface area (Å²) in [5, 5.41) is 4.09. The summed E-state index contributed by atoms with van der Waals surface area (Å²) >= 11 is 0. The lowest BCUT2D eigenvalue weighted by atomic mass is 10.1. The summed E-state index contributed by atoms with van der Waals surface area (Å²) in [6.07, 6.45) is 0. The molecule has 0 saturated heterocycles. The van der Waals surface area contributed by atoms with Crippen LogP contribution in [-0.2, 0) is 6.54 Å². The first-order valence-corrected chi connectivity index (χ1v) is 5.05. The lowest BCUT2D eigenvalue weighted by molar-refractivity contribution is 0.628. The van der Waals surface area contributed by atoms with Gasteiger partial charge in [0.05, 0.1) is 0 Å². The van der Waals surface area contributed by atoms with Crippen molar-refractivity contribution in [1.82, 2.24) is 10.3 Å². The summed E-state index contributed by atoms with van der Waals surface area (Å²) in [4.78, 5) is 3.30. The standard InChI is InChI=1S/C12H15FN2/c1-7-4-9(13)5-10-11(6-14-3)8(2)15-12(7)10/h4-5,14-15H,6H2,1-3H3. The molecule has 2 aromatic rings. The SMILES string of the molecule is CNCc1c(C)[nH]c2c(C)cc(F)cc12. The third kappa shape index (κ3) is 1.63. The van der Waals surface area contributed by atoms with E-state index < -0.39 is 0 Å². The molecule has 0 spiro atoms. The Balaban J connectivity index is 2.74. The molecule has 2 rings (SSSR count). The molecule has 0 amide bonds. The lowest BCUT2D eigenvalue weighted by Gasteiger charge is -2.00. The van der Waals surface area contributed by atoms with E-state index in [4.69, 9.17) is 0 Å². The van der Waals surface area contributed by atoms with Crippen LogP contribution in [-0.4, -0.2) is 12.0 Å². The Morgan fingerprint density at radius 3 is 2.73 bits per heavy atom. The topological polar surface area (TPSA) is 27.8 Å². The van der Waals surface area contributed by atoms with Crippen LogP contribution >= 0.6 is 0 Å². The van der Waals surface area contributed by atoms with Gasteiger partial charge in [0.2, 0.25) is 0 Å². The molecule has 0 unspecified atom stereocenters. The minimum Gasteiger partial charge on any atom is -0.358 e. The van der Waals surface area contributed by atoms with Crippen molar-refractivity contribution < 1.29 is 4.39 Å². The highest BCUT2D eigenvalue weighted by Gasteiger charge is 2.10. The van der Waals surface area contributed by atoms with Crippen molar-refractivity contribution in [3.8, 4) is 0 Å². The Morgan fingerprint density at radius 1 is 1.33 bits per heavy atom. The normalized spacial score (nSPS) is 11.2. The zero-order chi connectivity index (χ0) is 11.0. The van der Waals surface area contributed by atoms with Gasteiger partial charge in [0.1, 0.15) is 5.82 Å². The van der Waals surface area contributed by atoms with E-state index in [0.29, 0.717) is 0 Å². The molecule has 0 bridgehead atoms. The van der Waals surface area contributed by atoms with Gasteiger partial charge in [0, 0.05) is 23.1 Å². The van der Waals surface area contributed by atoms with E-state index in [2.05, 4.69) is 10.3 Å². The van der Waals surface area contributed by atoms with E-state index in [0.717, 1.165) is 34.3 Å². The smallest absolute Gasteiger partial charge is 0.124 e. The van der Waals surface area contributed by atoms with Crippen LogP contribution in [0.4, 0.5) is 4.39 Å². The van der Waals surface area contributed by atoms with Gasteiger partial charge in [-0.2, -0.15) is 0 Å². The number of aromatic amines is 1. The van der Waals surface area contributed by atoms with Crippen molar-refractivity contribution in [3.63, 3.8) is 0 Å². The van der Waals surface area contributed by atoms with Crippen molar-refractivity contribution in [3.05, 3.63) is 34.8 Å². The number of H-pyrrole nitrogens is 1. The van der Waals surface area contributed by atoms with Crippen LogP contribution in [0.25, 0.3) is 10.9 Å². The minimum absolute atomic E-state index is 0.170. The molecule has 0 fully saturated rings. The van der Waals surface area contributed by atoms with Gasteiger partial charge in [0.15, 0.2) is 0 Å². The number of nitrogens with one attached hydrogen (secondary N) is 2. The third-order valence-electron chi connectivity index (χ3n) is 2.74. The second-order valence-corrected chi connectivity index (χ2v) is 3.90. The first-order chi connectivity index (χ1) is 7.13. The molecule has 1 heterocycles. The van der Waals surface area contributed by atoms with E-state index in [1.54, 1.807) is 12.1 Å². The summed E-state index contributed by atoms with van der Waals surface area (Å²) < 4.78 is 13.3. The quantitative estimate of drug-likeness (QED) is 0.776. The number of hydrogen-bond donors (Lipinski definition) is 2. The zero-order valence-corrected chi connectivity index (χ0v) is 9.24. The van der Waals surface area contributed by atoms with Gasteiger partial charge in [-0.05, 0) is 44.2 Å². The van der Waals surface area contributed by atoms with Crippen LogP contribution in [0.1, 0.15) is 16.8 Å². The number of halogens is 1. The van der Waals surface area contributed by atoms with E-state index in [1.807, 2.05) is 20.9 Å². The highest BCUT2D eigenvalue weighted by molar-refractivity contribution is 5.87. The molecule has 0 radical (unpaired) electrons. The Morgan fingerprint density at radius 2 is 2.07 bits per heavy atom. The van der Waals surface area contributed by atoms with E-state index in [-0.39, 0.29) is 5.82 Å². The molecule has 0 aliphatic heterocycles. The van der Waals surface area contributed by atoms with Crippen LogP contribution in [0.15, 0.2) is 12.1 Å². The van der Waals surface area contributed by atoms with Gasteiger partial charge < -0.3 is 10.3 Å². The van der Waals surface area contributed by atoms with Crippen molar-refractivity contribution >= 4 is 10.9 Å². The van der Waals surface area contributed by atoms with Crippen LogP contribution in [0.2, 0.25) is 0 Å². The maximum Gasteiger partial charge on any atom is 0.124 e. The number of hydrogen-bond acceptors (Lipinski definition) is 1. The molecule has 1 aromatic heterocycles. The van der Waals surface area contributed by atoms with Crippen LogP contribution in [0.5, 0.6) is 0 Å². The highest BCUT2D eigenvalue weighted by atomic mass is 19.1. The first-order valence-electron chi connectivity index (χ1n) is 5.05. The van der Waals surface area contributed by atoms with Crippen molar-refractivity contribution in [2.45, 2.75) is 20.4 Å². The minimum atomic E-state index is -0.170. The number of aromatic nitrogens is 1. The van der Waals surface area contributed by atoms with Crippen molar-refractivity contribution in [1.29, 1.82) is 0 Å². The van der Waals surface area contributed by atoms with Gasteiger partial charge in [-0.25, -0.2) is 4.39 Å². The Hall–Kier alpha value is -1.35. The summed E-state index contributed by atoms with van der Waals surface area (Å²) in [6.45, 7) is 4.70. The van der Waals surface area contributed by atoms with Gasteiger partial charge in [-0.15, -0.1) is 0 Å². The molecule has 0 atom stereocenters. The molecule has 15 heavy (non-hydrogen) atoms. The molecule has 0 saturated carbocycles. The predicted octanol–water partition coefficient (Wildman–Crippen LogP) is 2.64. The van der Waals surface area contributed by atoms with E-state index >= 15 is 0 Å². The largest absolute Gasteiger partial charge is 0.358 e. The number of aryl methyl sites for hydroxylation is 2. The average molecular weight is 206 g/mol. The Kier molecular flexibility index (Phi) is 2.49.